The van der Waals surface area contributed by atoms with Crippen LogP contribution >= 0.6 is 0 Å². The Morgan fingerprint density at radius 3 is 2.84 bits per heavy atom. The van der Waals surface area contributed by atoms with E-state index in [4.69, 9.17) is 4.74 Å². The minimum atomic E-state index is -0.178. The third kappa shape index (κ3) is 4.42. The van der Waals surface area contributed by atoms with E-state index in [1.54, 1.807) is 29.3 Å². The first-order valence-electron chi connectivity index (χ1n) is 10.5. The summed E-state index contributed by atoms with van der Waals surface area (Å²) in [6.45, 7) is 2.80. The van der Waals surface area contributed by atoms with Gasteiger partial charge in [-0.05, 0) is 41.8 Å². The lowest BCUT2D eigenvalue weighted by atomic mass is 10.0. The van der Waals surface area contributed by atoms with E-state index in [1.165, 1.54) is 11.6 Å². The van der Waals surface area contributed by atoms with Crippen molar-refractivity contribution in [2.24, 2.45) is 7.05 Å². The van der Waals surface area contributed by atoms with E-state index in [0.29, 0.717) is 12.1 Å². The molecular formula is C24H25N5O2. The van der Waals surface area contributed by atoms with E-state index in [-0.39, 0.29) is 5.91 Å². The Bertz CT molecular complexity index is 1110. The van der Waals surface area contributed by atoms with Crippen LogP contribution in [0.5, 0.6) is 0 Å². The van der Waals surface area contributed by atoms with Gasteiger partial charge in [-0.1, -0.05) is 12.1 Å². The molecule has 2 aliphatic rings. The van der Waals surface area contributed by atoms with E-state index < -0.39 is 0 Å². The van der Waals surface area contributed by atoms with Crippen LogP contribution in [0.2, 0.25) is 0 Å². The predicted molar refractivity (Wildman–Crippen MR) is 119 cm³/mol. The van der Waals surface area contributed by atoms with Crippen molar-refractivity contribution in [2.45, 2.75) is 25.1 Å². The molecular weight excluding hydrogens is 390 g/mol. The maximum atomic E-state index is 12.4. The molecule has 2 fully saturated rings. The van der Waals surface area contributed by atoms with E-state index in [0.717, 1.165) is 48.5 Å². The summed E-state index contributed by atoms with van der Waals surface area (Å²) in [5.41, 5.74) is 4.86. The number of nitrogens with one attached hydrogen (secondary N) is 1. The summed E-state index contributed by atoms with van der Waals surface area (Å²) < 4.78 is 7.42. The Balaban J connectivity index is 1.21. The summed E-state index contributed by atoms with van der Waals surface area (Å²) in [7, 11) is 1.88. The van der Waals surface area contributed by atoms with Gasteiger partial charge in [0, 0.05) is 67.7 Å². The van der Waals surface area contributed by atoms with E-state index in [2.05, 4.69) is 32.4 Å². The van der Waals surface area contributed by atoms with Crippen molar-refractivity contribution in [3.8, 4) is 11.1 Å². The highest BCUT2D eigenvalue weighted by Gasteiger charge is 2.38. The third-order valence-electron chi connectivity index (χ3n) is 5.90. The van der Waals surface area contributed by atoms with Crippen molar-refractivity contribution in [3.05, 3.63) is 72.3 Å². The molecule has 3 aromatic rings. The highest BCUT2D eigenvalue weighted by atomic mass is 16.5. The van der Waals surface area contributed by atoms with Gasteiger partial charge in [-0.2, -0.15) is 5.10 Å². The molecule has 7 nitrogen and oxygen atoms in total. The molecule has 0 saturated carbocycles. The van der Waals surface area contributed by atoms with Crippen LogP contribution in [0.4, 0.5) is 5.69 Å². The number of fused-ring (bicyclic) bond motifs is 2. The molecule has 2 unspecified atom stereocenters. The number of pyridine rings is 1. The van der Waals surface area contributed by atoms with Crippen LogP contribution in [-0.4, -0.2) is 50.9 Å². The Labute approximate surface area is 181 Å². The highest BCUT2D eigenvalue weighted by Crippen LogP contribution is 2.29. The lowest BCUT2D eigenvalue weighted by molar-refractivity contribution is -0.111. The number of aromatic nitrogens is 3. The molecule has 31 heavy (non-hydrogen) atoms. The third-order valence-corrected chi connectivity index (χ3v) is 5.90. The Hall–Kier alpha value is -3.29. The number of ether oxygens (including phenoxy) is 1. The zero-order chi connectivity index (χ0) is 21.2. The molecule has 2 aromatic heterocycles. The first-order chi connectivity index (χ1) is 15.1. The van der Waals surface area contributed by atoms with E-state index >= 15 is 0 Å². The molecule has 0 spiro atoms. The smallest absolute Gasteiger partial charge is 0.248 e. The molecule has 0 aliphatic carbocycles. The number of anilines is 1. The second-order valence-electron chi connectivity index (χ2n) is 8.16. The standard InChI is InChI=1S/C24H25N5O2/c1-28-14-19(12-26-28)23-8-9-25-11-18(23)4-7-24(30)27-20-5-2-17(3-6-20)13-29-15-22-10-21(29)16-31-22/h2-9,11-12,14,21-22H,10,13,15-16H2,1H3,(H,27,30)/b7-4+. The van der Waals surface area contributed by atoms with Crippen LogP contribution < -0.4 is 5.32 Å². The van der Waals surface area contributed by atoms with Gasteiger partial charge in [0.25, 0.3) is 0 Å². The molecule has 1 N–H and O–H groups in total. The number of rotatable bonds is 6. The minimum absolute atomic E-state index is 0.178. The topological polar surface area (TPSA) is 72.3 Å². The maximum Gasteiger partial charge on any atom is 0.248 e. The van der Waals surface area contributed by atoms with Crippen LogP contribution in [-0.2, 0) is 23.1 Å². The van der Waals surface area contributed by atoms with E-state index in [9.17, 15) is 4.79 Å². The second kappa shape index (κ2) is 8.45. The summed E-state index contributed by atoms with van der Waals surface area (Å²) in [5, 5.41) is 7.15. The molecule has 158 valence electrons. The molecule has 1 aromatic carbocycles. The number of nitrogens with zero attached hydrogens (tertiary/aromatic N) is 4. The van der Waals surface area contributed by atoms with Crippen molar-refractivity contribution < 1.29 is 9.53 Å². The number of hydrogen-bond donors (Lipinski definition) is 1. The molecule has 2 atom stereocenters. The second-order valence-corrected chi connectivity index (χ2v) is 8.16. The Morgan fingerprint density at radius 2 is 2.13 bits per heavy atom. The zero-order valence-electron chi connectivity index (χ0n) is 17.4. The number of carbonyl (C=O) groups is 1. The minimum Gasteiger partial charge on any atom is -0.375 e. The molecule has 5 rings (SSSR count). The quantitative estimate of drug-likeness (QED) is 0.627. The maximum absolute atomic E-state index is 12.4. The summed E-state index contributed by atoms with van der Waals surface area (Å²) in [6, 6.07) is 10.5. The molecule has 7 heteroatoms. The number of aryl methyl sites for hydroxylation is 1. The van der Waals surface area contributed by atoms with Crippen molar-refractivity contribution >= 4 is 17.7 Å². The highest BCUT2D eigenvalue weighted by molar-refractivity contribution is 6.02. The van der Waals surface area contributed by atoms with E-state index in [1.807, 2.05) is 31.4 Å². The number of benzene rings is 1. The first kappa shape index (κ1) is 19.7. The molecule has 0 radical (unpaired) electrons. The van der Waals surface area contributed by atoms with Crippen molar-refractivity contribution in [1.29, 1.82) is 0 Å². The zero-order valence-corrected chi connectivity index (χ0v) is 17.4. The summed E-state index contributed by atoms with van der Waals surface area (Å²) >= 11 is 0. The van der Waals surface area contributed by atoms with Crippen LogP contribution in [0, 0.1) is 0 Å². The fraction of sp³-hybridized carbons (Fsp3) is 0.292. The van der Waals surface area contributed by atoms with Crippen molar-refractivity contribution in [3.63, 3.8) is 0 Å². The molecule has 1 amide bonds. The Kier molecular flexibility index (Phi) is 5.36. The number of carbonyl (C=O) groups excluding carboxylic acids is 1. The lowest BCUT2D eigenvalue weighted by Gasteiger charge is -2.26. The SMILES string of the molecule is Cn1cc(-c2ccncc2/C=C/C(=O)Nc2ccc(CN3CC4CC3CO4)cc2)cn1. The van der Waals surface area contributed by atoms with Crippen LogP contribution in [0.15, 0.2) is 61.2 Å². The van der Waals surface area contributed by atoms with Crippen molar-refractivity contribution in [1.82, 2.24) is 19.7 Å². The number of amides is 1. The number of morpholine rings is 1. The monoisotopic (exact) mass is 415 g/mol. The predicted octanol–water partition coefficient (Wildman–Crippen LogP) is 3.11. The van der Waals surface area contributed by atoms with Gasteiger partial charge in [-0.15, -0.1) is 0 Å². The average Bonchev–Trinajstić information content (AvgIpc) is 3.51. The van der Waals surface area contributed by atoms with Gasteiger partial charge in [0.1, 0.15) is 0 Å². The summed E-state index contributed by atoms with van der Waals surface area (Å²) in [6.07, 6.45) is 12.1. The van der Waals surface area contributed by atoms with Gasteiger partial charge in [0.05, 0.1) is 18.9 Å². The molecule has 2 saturated heterocycles. The van der Waals surface area contributed by atoms with Gasteiger partial charge in [0.15, 0.2) is 0 Å². The normalized spacial score (nSPS) is 20.5. The lowest BCUT2D eigenvalue weighted by Crippen LogP contribution is -2.36. The molecule has 2 aliphatic heterocycles. The number of hydrogen-bond acceptors (Lipinski definition) is 5. The molecule has 2 bridgehead atoms. The van der Waals surface area contributed by atoms with Gasteiger partial charge in [-0.25, -0.2) is 0 Å². The van der Waals surface area contributed by atoms with Gasteiger partial charge in [0.2, 0.25) is 5.91 Å². The summed E-state index contributed by atoms with van der Waals surface area (Å²) in [4.78, 5) is 19.1. The van der Waals surface area contributed by atoms with Gasteiger partial charge >= 0.3 is 0 Å². The van der Waals surface area contributed by atoms with Crippen LogP contribution in [0.3, 0.4) is 0 Å². The Morgan fingerprint density at radius 1 is 1.26 bits per heavy atom. The van der Waals surface area contributed by atoms with Crippen LogP contribution in [0.1, 0.15) is 17.5 Å². The van der Waals surface area contributed by atoms with Gasteiger partial charge < -0.3 is 10.1 Å². The summed E-state index contributed by atoms with van der Waals surface area (Å²) in [5.74, 6) is -0.178. The fourth-order valence-corrected chi connectivity index (χ4v) is 4.31. The van der Waals surface area contributed by atoms with Crippen molar-refractivity contribution in [2.75, 3.05) is 18.5 Å². The number of likely N-dealkylation sites (tertiary alicyclic amines) is 1. The van der Waals surface area contributed by atoms with Gasteiger partial charge in [-0.3, -0.25) is 19.4 Å². The average molecular weight is 415 g/mol. The van der Waals surface area contributed by atoms with Crippen LogP contribution in [0.25, 0.3) is 17.2 Å². The molecule has 4 heterocycles. The first-order valence-corrected chi connectivity index (χ1v) is 10.5. The fourth-order valence-electron chi connectivity index (χ4n) is 4.31. The largest absolute Gasteiger partial charge is 0.375 e.